The van der Waals surface area contributed by atoms with Gasteiger partial charge in [0.25, 0.3) is 0 Å². The summed E-state index contributed by atoms with van der Waals surface area (Å²) in [5.74, 6) is 0.618. The Kier molecular flexibility index (Phi) is 2.85. The van der Waals surface area contributed by atoms with Gasteiger partial charge in [0.15, 0.2) is 0 Å². The molecule has 2 aromatic carbocycles. The lowest BCUT2D eigenvalue weighted by Gasteiger charge is -2.42. The molecular formula is C19H18N2O2. The smallest absolute Gasteiger partial charge is 0.248 e. The maximum atomic E-state index is 11.5. The monoisotopic (exact) mass is 306 g/mol. The molecule has 0 fully saturated rings. The molecule has 0 saturated carbocycles. The zero-order valence-electron chi connectivity index (χ0n) is 13.2. The van der Waals surface area contributed by atoms with Crippen molar-refractivity contribution >= 4 is 17.3 Å². The first-order chi connectivity index (χ1) is 11.0. The van der Waals surface area contributed by atoms with Gasteiger partial charge in [0.05, 0.1) is 18.0 Å². The van der Waals surface area contributed by atoms with E-state index >= 15 is 0 Å². The highest BCUT2D eigenvalue weighted by molar-refractivity contribution is 6.09. The van der Waals surface area contributed by atoms with E-state index in [4.69, 9.17) is 15.5 Å². The fourth-order valence-electron chi connectivity index (χ4n) is 3.55. The predicted molar refractivity (Wildman–Crippen MR) is 89.6 cm³/mol. The Balaban J connectivity index is 1.95. The van der Waals surface area contributed by atoms with Gasteiger partial charge < -0.3 is 10.5 Å². The summed E-state index contributed by atoms with van der Waals surface area (Å²) in [7, 11) is 0. The molecule has 23 heavy (non-hydrogen) atoms. The first-order valence-electron chi connectivity index (χ1n) is 7.73. The molecule has 0 spiro atoms. The van der Waals surface area contributed by atoms with Crippen LogP contribution in [0.3, 0.4) is 0 Å². The molecular weight excluding hydrogens is 288 g/mol. The molecule has 4 rings (SSSR count). The second-order valence-corrected chi connectivity index (χ2v) is 6.67. The van der Waals surface area contributed by atoms with Gasteiger partial charge in [0.2, 0.25) is 5.91 Å². The first kappa shape index (κ1) is 14.0. The van der Waals surface area contributed by atoms with E-state index in [1.165, 1.54) is 0 Å². The third kappa shape index (κ3) is 1.98. The number of nitrogens with two attached hydrogens (primary N) is 1. The van der Waals surface area contributed by atoms with Crippen LogP contribution in [-0.4, -0.2) is 18.2 Å². The van der Waals surface area contributed by atoms with Crippen LogP contribution in [0.5, 0.6) is 5.75 Å². The highest BCUT2D eigenvalue weighted by Gasteiger charge is 2.43. The van der Waals surface area contributed by atoms with Crippen molar-refractivity contribution in [2.75, 3.05) is 6.61 Å². The number of benzene rings is 2. The van der Waals surface area contributed by atoms with E-state index in [0.717, 1.165) is 28.3 Å². The number of carbonyl (C=O) groups excluding carboxylic acids is 1. The van der Waals surface area contributed by atoms with Crippen molar-refractivity contribution in [3.8, 4) is 5.75 Å². The number of rotatable bonds is 1. The van der Waals surface area contributed by atoms with Crippen LogP contribution in [0.1, 0.15) is 35.3 Å². The average molecular weight is 306 g/mol. The van der Waals surface area contributed by atoms with Crippen LogP contribution in [0.15, 0.2) is 47.5 Å². The Labute approximate surface area is 135 Å². The van der Waals surface area contributed by atoms with Crippen molar-refractivity contribution in [1.82, 2.24) is 0 Å². The molecule has 2 aliphatic heterocycles. The van der Waals surface area contributed by atoms with E-state index in [0.29, 0.717) is 12.2 Å². The molecule has 0 saturated heterocycles. The topological polar surface area (TPSA) is 64.7 Å². The molecule has 2 heterocycles. The lowest BCUT2D eigenvalue weighted by atomic mass is 9.67. The Hall–Kier alpha value is -2.62. The average Bonchev–Trinajstić information content (AvgIpc) is 2.54. The second kappa shape index (κ2) is 4.69. The zero-order chi connectivity index (χ0) is 16.2. The molecule has 0 aromatic heterocycles. The molecule has 0 bridgehead atoms. The van der Waals surface area contributed by atoms with Crippen LogP contribution >= 0.6 is 0 Å². The van der Waals surface area contributed by atoms with Crippen LogP contribution in [0.2, 0.25) is 0 Å². The highest BCUT2D eigenvalue weighted by atomic mass is 16.5. The molecule has 116 valence electrons. The summed E-state index contributed by atoms with van der Waals surface area (Å²) < 4.78 is 5.95. The second-order valence-electron chi connectivity index (χ2n) is 6.67. The Morgan fingerprint density at radius 3 is 2.83 bits per heavy atom. The minimum atomic E-state index is -0.413. The van der Waals surface area contributed by atoms with Crippen molar-refractivity contribution < 1.29 is 9.53 Å². The van der Waals surface area contributed by atoms with Crippen molar-refractivity contribution in [3.05, 3.63) is 59.2 Å². The van der Waals surface area contributed by atoms with Crippen LogP contribution in [0.4, 0.5) is 5.69 Å². The van der Waals surface area contributed by atoms with Crippen LogP contribution in [0.25, 0.3) is 0 Å². The molecule has 1 amide bonds. The van der Waals surface area contributed by atoms with Gasteiger partial charge in [-0.3, -0.25) is 9.79 Å². The molecule has 1 atom stereocenters. The summed E-state index contributed by atoms with van der Waals surface area (Å²) in [6, 6.07) is 13.5. The molecule has 0 aliphatic carbocycles. The zero-order valence-corrected chi connectivity index (χ0v) is 13.2. The summed E-state index contributed by atoms with van der Waals surface area (Å²) in [6.45, 7) is 4.93. The van der Waals surface area contributed by atoms with E-state index in [-0.39, 0.29) is 11.3 Å². The first-order valence-corrected chi connectivity index (χ1v) is 7.73. The molecule has 1 unspecified atom stereocenters. The number of para-hydroxylation sites is 1. The normalized spacial score (nSPS) is 20.4. The summed E-state index contributed by atoms with van der Waals surface area (Å²) in [6.07, 6.45) is 0. The van der Waals surface area contributed by atoms with E-state index in [1.54, 1.807) is 6.07 Å². The van der Waals surface area contributed by atoms with Crippen LogP contribution in [0, 0.1) is 5.92 Å². The summed E-state index contributed by atoms with van der Waals surface area (Å²) in [5.41, 5.74) is 9.84. The standard InChI is InChI=1S/C19H18N2O2/c1-19(2)13-9-11(18(20)22)7-8-15(13)21-17-12-5-3-4-6-16(12)23-10-14(17)19/h3-9,14H,10H2,1-2H3,(H2,20,22). The number of ether oxygens (including phenoxy) is 1. The molecule has 2 aliphatic rings. The van der Waals surface area contributed by atoms with Gasteiger partial charge in [0, 0.05) is 22.5 Å². The number of amides is 1. The Morgan fingerprint density at radius 2 is 2.04 bits per heavy atom. The number of aliphatic imine (C=N–C) groups is 1. The lowest BCUT2D eigenvalue weighted by molar-refractivity contribution is 0.1000. The van der Waals surface area contributed by atoms with Gasteiger partial charge in [-0.15, -0.1) is 0 Å². The molecule has 4 heteroatoms. The Morgan fingerprint density at radius 1 is 1.26 bits per heavy atom. The van der Waals surface area contributed by atoms with E-state index in [2.05, 4.69) is 19.9 Å². The van der Waals surface area contributed by atoms with Crippen molar-refractivity contribution in [3.63, 3.8) is 0 Å². The van der Waals surface area contributed by atoms with Gasteiger partial charge in [-0.1, -0.05) is 26.0 Å². The number of fused-ring (bicyclic) bond motifs is 4. The van der Waals surface area contributed by atoms with Crippen LogP contribution in [-0.2, 0) is 5.41 Å². The number of hydrogen-bond acceptors (Lipinski definition) is 3. The van der Waals surface area contributed by atoms with E-state index in [1.807, 2.05) is 30.3 Å². The molecule has 2 N–H and O–H groups in total. The number of carbonyl (C=O) groups is 1. The van der Waals surface area contributed by atoms with Gasteiger partial charge in [-0.05, 0) is 35.9 Å². The summed E-state index contributed by atoms with van der Waals surface area (Å²) in [5, 5.41) is 0. The van der Waals surface area contributed by atoms with Gasteiger partial charge in [0.1, 0.15) is 5.75 Å². The molecule has 0 radical (unpaired) electrons. The van der Waals surface area contributed by atoms with E-state index < -0.39 is 5.91 Å². The van der Waals surface area contributed by atoms with E-state index in [9.17, 15) is 4.79 Å². The highest BCUT2D eigenvalue weighted by Crippen LogP contribution is 2.47. The fourth-order valence-corrected chi connectivity index (χ4v) is 3.55. The quantitative estimate of drug-likeness (QED) is 0.879. The summed E-state index contributed by atoms with van der Waals surface area (Å²) >= 11 is 0. The van der Waals surface area contributed by atoms with Crippen molar-refractivity contribution in [2.24, 2.45) is 16.6 Å². The van der Waals surface area contributed by atoms with Crippen LogP contribution < -0.4 is 10.5 Å². The van der Waals surface area contributed by atoms with Gasteiger partial charge in [-0.25, -0.2) is 0 Å². The number of primary amides is 1. The molecule has 2 aromatic rings. The van der Waals surface area contributed by atoms with Crippen molar-refractivity contribution in [1.29, 1.82) is 0 Å². The lowest BCUT2D eigenvalue weighted by Crippen LogP contribution is -2.44. The number of hydrogen-bond donors (Lipinski definition) is 1. The fraction of sp³-hybridized carbons (Fsp3) is 0.263. The van der Waals surface area contributed by atoms with Gasteiger partial charge >= 0.3 is 0 Å². The minimum Gasteiger partial charge on any atom is -0.492 e. The maximum Gasteiger partial charge on any atom is 0.248 e. The number of nitrogens with zero attached hydrogens (tertiary/aromatic N) is 1. The summed E-state index contributed by atoms with van der Waals surface area (Å²) in [4.78, 5) is 16.4. The SMILES string of the molecule is CC1(C)c2cc(C(N)=O)ccc2N=C2c3ccccc3OCC21. The predicted octanol–water partition coefficient (Wildman–Crippen LogP) is 3.21. The minimum absolute atomic E-state index is 0.146. The maximum absolute atomic E-state index is 11.5. The third-order valence-electron chi connectivity index (χ3n) is 4.99. The van der Waals surface area contributed by atoms with Crippen molar-refractivity contribution in [2.45, 2.75) is 19.3 Å². The Bertz CT molecular complexity index is 852. The van der Waals surface area contributed by atoms with Gasteiger partial charge in [-0.2, -0.15) is 0 Å². The third-order valence-corrected chi connectivity index (χ3v) is 4.99. The largest absolute Gasteiger partial charge is 0.492 e. The molecule has 4 nitrogen and oxygen atoms in total.